The average Bonchev–Trinajstić information content (AvgIpc) is 2.94. The van der Waals surface area contributed by atoms with E-state index < -0.39 is 11.7 Å². The lowest BCUT2D eigenvalue weighted by Gasteiger charge is -2.09. The highest BCUT2D eigenvalue weighted by molar-refractivity contribution is 6.01. The molecule has 1 aliphatic carbocycles. The summed E-state index contributed by atoms with van der Waals surface area (Å²) in [5.41, 5.74) is 1.84. The Morgan fingerprint density at radius 2 is 2.21 bits per heavy atom. The van der Waals surface area contributed by atoms with Crippen LogP contribution in [0.4, 0.5) is 10.1 Å². The largest absolute Gasteiger partial charge is 0.317 e. The standard InChI is InChI=1S/C18H19FN4O/c1-12-7-6-10-15(16(12)19)21-18(24)17-20-13(2)23(22-17)11-14-8-4-3-5-9-14/h3-4,6-8,10H,5,9,11H2,1-2H3,(H,21,24). The zero-order valence-corrected chi connectivity index (χ0v) is 13.7. The first-order valence-electron chi connectivity index (χ1n) is 7.87. The number of halogens is 1. The van der Waals surface area contributed by atoms with E-state index in [4.69, 9.17) is 0 Å². The second-order valence-corrected chi connectivity index (χ2v) is 5.82. The summed E-state index contributed by atoms with van der Waals surface area (Å²) in [6.45, 7) is 4.06. The molecule has 1 amide bonds. The number of carbonyl (C=O) groups excluding carboxylic acids is 1. The first kappa shape index (κ1) is 16.1. The van der Waals surface area contributed by atoms with E-state index >= 15 is 0 Å². The normalized spacial score (nSPS) is 13.7. The van der Waals surface area contributed by atoms with Crippen molar-refractivity contribution in [3.05, 3.63) is 65.0 Å². The molecule has 6 heteroatoms. The third-order valence-electron chi connectivity index (χ3n) is 3.95. The van der Waals surface area contributed by atoms with Crippen LogP contribution in [0.2, 0.25) is 0 Å². The van der Waals surface area contributed by atoms with Gasteiger partial charge in [0.25, 0.3) is 5.91 Å². The maximum atomic E-state index is 14.0. The number of rotatable bonds is 4. The average molecular weight is 326 g/mol. The van der Waals surface area contributed by atoms with Gasteiger partial charge in [0.15, 0.2) is 0 Å². The molecule has 0 saturated carbocycles. The zero-order valence-electron chi connectivity index (χ0n) is 13.7. The van der Waals surface area contributed by atoms with Crippen molar-refractivity contribution in [2.45, 2.75) is 33.2 Å². The monoisotopic (exact) mass is 326 g/mol. The molecule has 5 nitrogen and oxygen atoms in total. The van der Waals surface area contributed by atoms with Crippen molar-refractivity contribution in [2.24, 2.45) is 0 Å². The van der Waals surface area contributed by atoms with Gasteiger partial charge in [-0.25, -0.2) is 14.1 Å². The first-order valence-corrected chi connectivity index (χ1v) is 7.87. The van der Waals surface area contributed by atoms with Crippen LogP contribution in [-0.4, -0.2) is 20.7 Å². The summed E-state index contributed by atoms with van der Waals surface area (Å²) in [4.78, 5) is 16.5. The first-order chi connectivity index (χ1) is 11.5. The third kappa shape index (κ3) is 3.42. The number of anilines is 1. The van der Waals surface area contributed by atoms with Gasteiger partial charge in [-0.2, -0.15) is 0 Å². The number of nitrogens with zero attached hydrogens (tertiary/aromatic N) is 3. The van der Waals surface area contributed by atoms with Gasteiger partial charge in [-0.15, -0.1) is 5.10 Å². The van der Waals surface area contributed by atoms with Crippen LogP contribution >= 0.6 is 0 Å². The second kappa shape index (κ2) is 6.78. The van der Waals surface area contributed by atoms with E-state index in [0.717, 1.165) is 12.8 Å². The Balaban J connectivity index is 1.76. The third-order valence-corrected chi connectivity index (χ3v) is 3.95. The van der Waals surface area contributed by atoms with Crippen molar-refractivity contribution in [3.8, 4) is 0 Å². The summed E-state index contributed by atoms with van der Waals surface area (Å²) < 4.78 is 15.7. The van der Waals surface area contributed by atoms with Gasteiger partial charge in [0.05, 0.1) is 12.2 Å². The fourth-order valence-electron chi connectivity index (χ4n) is 2.56. The SMILES string of the molecule is Cc1cccc(NC(=O)c2nc(C)n(CC3=CC=CCC3)n2)c1F. The number of hydrogen-bond donors (Lipinski definition) is 1. The molecule has 0 atom stereocenters. The zero-order chi connectivity index (χ0) is 17.1. The summed E-state index contributed by atoms with van der Waals surface area (Å²) in [6, 6.07) is 4.85. The maximum absolute atomic E-state index is 14.0. The van der Waals surface area contributed by atoms with E-state index in [1.807, 2.05) is 6.08 Å². The van der Waals surface area contributed by atoms with Crippen LogP contribution in [0.25, 0.3) is 0 Å². The van der Waals surface area contributed by atoms with Gasteiger partial charge in [-0.3, -0.25) is 4.79 Å². The highest BCUT2D eigenvalue weighted by Crippen LogP contribution is 2.18. The Morgan fingerprint density at radius 3 is 2.96 bits per heavy atom. The summed E-state index contributed by atoms with van der Waals surface area (Å²) >= 11 is 0. The van der Waals surface area contributed by atoms with E-state index in [9.17, 15) is 9.18 Å². The predicted molar refractivity (Wildman–Crippen MR) is 90.3 cm³/mol. The van der Waals surface area contributed by atoms with Crippen LogP contribution in [-0.2, 0) is 6.54 Å². The number of carbonyl (C=O) groups is 1. The van der Waals surface area contributed by atoms with Gasteiger partial charge >= 0.3 is 0 Å². The van der Waals surface area contributed by atoms with Crippen LogP contribution < -0.4 is 5.32 Å². The Hall–Kier alpha value is -2.76. The van der Waals surface area contributed by atoms with Crippen LogP contribution in [0.3, 0.4) is 0 Å². The fraction of sp³-hybridized carbons (Fsp3) is 0.278. The molecular weight excluding hydrogens is 307 g/mol. The summed E-state index contributed by atoms with van der Waals surface area (Å²) in [6.07, 6.45) is 8.20. The van der Waals surface area contributed by atoms with Gasteiger partial charge in [-0.1, -0.05) is 30.4 Å². The van der Waals surface area contributed by atoms with Crippen molar-refractivity contribution in [1.82, 2.24) is 14.8 Å². The minimum absolute atomic E-state index is 0.0420. The number of aryl methyl sites for hydroxylation is 2. The van der Waals surface area contributed by atoms with E-state index in [1.165, 1.54) is 11.6 Å². The molecule has 0 bridgehead atoms. The molecule has 0 spiro atoms. The lowest BCUT2D eigenvalue weighted by Crippen LogP contribution is -2.16. The molecule has 0 saturated heterocycles. The molecule has 2 aromatic rings. The van der Waals surface area contributed by atoms with Gasteiger partial charge in [0.1, 0.15) is 11.6 Å². The minimum Gasteiger partial charge on any atom is -0.317 e. The number of aromatic nitrogens is 3. The maximum Gasteiger partial charge on any atom is 0.295 e. The Morgan fingerprint density at radius 1 is 1.38 bits per heavy atom. The van der Waals surface area contributed by atoms with Gasteiger partial charge in [0, 0.05) is 0 Å². The van der Waals surface area contributed by atoms with E-state index in [-0.39, 0.29) is 11.5 Å². The molecule has 1 aliphatic rings. The fourth-order valence-corrected chi connectivity index (χ4v) is 2.56. The summed E-state index contributed by atoms with van der Waals surface area (Å²) in [5, 5.41) is 6.79. The predicted octanol–water partition coefficient (Wildman–Crippen LogP) is 3.56. The van der Waals surface area contributed by atoms with E-state index in [2.05, 4.69) is 27.6 Å². The van der Waals surface area contributed by atoms with Crippen LogP contribution in [0.15, 0.2) is 42.0 Å². The molecule has 0 aliphatic heterocycles. The van der Waals surface area contributed by atoms with Crippen molar-refractivity contribution in [2.75, 3.05) is 5.32 Å². The molecule has 1 heterocycles. The quantitative estimate of drug-likeness (QED) is 0.934. The Bertz CT molecular complexity index is 836. The topological polar surface area (TPSA) is 59.8 Å². The van der Waals surface area contributed by atoms with Crippen molar-refractivity contribution in [1.29, 1.82) is 0 Å². The molecule has 3 rings (SSSR count). The van der Waals surface area contributed by atoms with Crippen LogP contribution in [0, 0.1) is 19.7 Å². The molecule has 0 unspecified atom stereocenters. The van der Waals surface area contributed by atoms with Crippen LogP contribution in [0.1, 0.15) is 34.8 Å². The number of hydrogen-bond acceptors (Lipinski definition) is 3. The van der Waals surface area contributed by atoms with E-state index in [0.29, 0.717) is 17.9 Å². The molecule has 1 aromatic heterocycles. The molecular formula is C18H19FN4O. The summed E-state index contributed by atoms with van der Waals surface area (Å²) in [7, 11) is 0. The van der Waals surface area contributed by atoms with Crippen LogP contribution in [0.5, 0.6) is 0 Å². The molecule has 124 valence electrons. The minimum atomic E-state index is -0.515. The lowest BCUT2D eigenvalue weighted by atomic mass is 10.1. The molecule has 1 aromatic carbocycles. The van der Waals surface area contributed by atoms with E-state index in [1.54, 1.807) is 30.7 Å². The highest BCUT2D eigenvalue weighted by atomic mass is 19.1. The van der Waals surface area contributed by atoms with Gasteiger partial charge < -0.3 is 5.32 Å². The van der Waals surface area contributed by atoms with Gasteiger partial charge in [0.2, 0.25) is 5.82 Å². The smallest absolute Gasteiger partial charge is 0.295 e. The number of allylic oxidation sites excluding steroid dienone is 4. The lowest BCUT2D eigenvalue weighted by molar-refractivity contribution is 0.101. The molecule has 0 fully saturated rings. The molecule has 1 N–H and O–H groups in total. The second-order valence-electron chi connectivity index (χ2n) is 5.82. The number of benzene rings is 1. The number of nitrogens with one attached hydrogen (secondary N) is 1. The van der Waals surface area contributed by atoms with Crippen molar-refractivity contribution in [3.63, 3.8) is 0 Å². The Kier molecular flexibility index (Phi) is 4.55. The summed E-state index contributed by atoms with van der Waals surface area (Å²) in [5.74, 6) is -0.263. The van der Waals surface area contributed by atoms with Crippen molar-refractivity contribution < 1.29 is 9.18 Å². The molecule has 0 radical (unpaired) electrons. The molecule has 24 heavy (non-hydrogen) atoms. The van der Waals surface area contributed by atoms with Gasteiger partial charge in [-0.05, 0) is 43.9 Å². The Labute approximate surface area is 139 Å². The van der Waals surface area contributed by atoms with Crippen molar-refractivity contribution >= 4 is 11.6 Å². The number of amides is 1. The highest BCUT2D eigenvalue weighted by Gasteiger charge is 2.17.